The fourth-order valence-electron chi connectivity index (χ4n) is 2.98. The monoisotopic (exact) mass is 333 g/mol. The molecular formula is C19H27NO4. The van der Waals surface area contributed by atoms with Gasteiger partial charge in [0.1, 0.15) is 5.75 Å². The molecule has 1 aliphatic heterocycles. The molecule has 0 N–H and O–H groups in total. The Labute approximate surface area is 143 Å². The number of piperidine rings is 1. The summed E-state index contributed by atoms with van der Waals surface area (Å²) in [5, 5.41) is 0. The second-order valence-corrected chi connectivity index (χ2v) is 6.13. The van der Waals surface area contributed by atoms with Crippen LogP contribution in [-0.4, -0.2) is 43.1 Å². The molecule has 0 bridgehead atoms. The minimum Gasteiger partial charge on any atom is -0.481 e. The van der Waals surface area contributed by atoms with E-state index < -0.39 is 6.10 Å². The maximum Gasteiger partial charge on any atom is 0.308 e. The van der Waals surface area contributed by atoms with Crippen molar-refractivity contribution in [2.45, 2.75) is 45.6 Å². The van der Waals surface area contributed by atoms with Gasteiger partial charge in [-0.05, 0) is 43.4 Å². The number of esters is 1. The lowest BCUT2D eigenvalue weighted by Gasteiger charge is -2.33. The topological polar surface area (TPSA) is 55.8 Å². The smallest absolute Gasteiger partial charge is 0.308 e. The number of carbonyl (C=O) groups excluding carboxylic acids is 2. The Morgan fingerprint density at radius 1 is 1.17 bits per heavy atom. The van der Waals surface area contributed by atoms with Crippen LogP contribution >= 0.6 is 0 Å². The molecule has 5 heteroatoms. The lowest BCUT2D eigenvalue weighted by Crippen LogP contribution is -2.46. The Balaban J connectivity index is 1.92. The van der Waals surface area contributed by atoms with Crippen molar-refractivity contribution in [1.29, 1.82) is 0 Å². The maximum absolute atomic E-state index is 12.7. The van der Waals surface area contributed by atoms with Gasteiger partial charge >= 0.3 is 5.97 Å². The average molecular weight is 333 g/mol. The summed E-state index contributed by atoms with van der Waals surface area (Å²) < 4.78 is 10.7. The first-order chi connectivity index (χ1) is 11.6. The van der Waals surface area contributed by atoms with Crippen molar-refractivity contribution in [2.24, 2.45) is 5.92 Å². The molecule has 0 aromatic heterocycles. The number of likely N-dealkylation sites (tertiary alicyclic amines) is 1. The highest BCUT2D eigenvalue weighted by Gasteiger charge is 2.31. The Morgan fingerprint density at radius 2 is 1.79 bits per heavy atom. The molecule has 132 valence electrons. The average Bonchev–Trinajstić information content (AvgIpc) is 2.65. The molecule has 1 fully saturated rings. The van der Waals surface area contributed by atoms with Crippen LogP contribution in [0.1, 0.15) is 38.7 Å². The number of aryl methyl sites for hydroxylation is 1. The van der Waals surface area contributed by atoms with Crippen LogP contribution in [-0.2, 0) is 20.7 Å². The van der Waals surface area contributed by atoms with Crippen LogP contribution in [0.5, 0.6) is 5.75 Å². The molecule has 0 saturated carbocycles. The minimum absolute atomic E-state index is 0.000355. The number of nitrogens with zero attached hydrogens (tertiary/aromatic N) is 1. The van der Waals surface area contributed by atoms with Crippen LogP contribution in [0, 0.1) is 5.92 Å². The van der Waals surface area contributed by atoms with Gasteiger partial charge in [0.2, 0.25) is 0 Å². The van der Waals surface area contributed by atoms with E-state index in [1.165, 1.54) is 12.7 Å². The highest BCUT2D eigenvalue weighted by atomic mass is 16.5. The van der Waals surface area contributed by atoms with E-state index in [0.29, 0.717) is 32.4 Å². The fourth-order valence-corrected chi connectivity index (χ4v) is 2.98. The van der Waals surface area contributed by atoms with Crippen LogP contribution in [0.25, 0.3) is 0 Å². The van der Waals surface area contributed by atoms with E-state index in [4.69, 9.17) is 9.47 Å². The van der Waals surface area contributed by atoms with Crippen LogP contribution in [0.2, 0.25) is 0 Å². The zero-order valence-electron chi connectivity index (χ0n) is 14.8. The van der Waals surface area contributed by atoms with Crippen molar-refractivity contribution in [3.63, 3.8) is 0 Å². The van der Waals surface area contributed by atoms with Crippen LogP contribution < -0.4 is 4.74 Å². The number of rotatable bonds is 6. The summed E-state index contributed by atoms with van der Waals surface area (Å²) in [6.07, 6.45) is 2.42. The lowest BCUT2D eigenvalue weighted by atomic mass is 9.96. The molecule has 1 aromatic rings. The lowest BCUT2D eigenvalue weighted by molar-refractivity contribution is -0.150. The Hall–Kier alpha value is -2.04. The van der Waals surface area contributed by atoms with Gasteiger partial charge in [-0.15, -0.1) is 0 Å². The van der Waals surface area contributed by atoms with Crippen molar-refractivity contribution in [3.05, 3.63) is 29.8 Å². The van der Waals surface area contributed by atoms with Gasteiger partial charge in [-0.3, -0.25) is 9.59 Å². The molecule has 1 saturated heterocycles. The zero-order chi connectivity index (χ0) is 17.5. The summed E-state index contributed by atoms with van der Waals surface area (Å²) in [4.78, 5) is 26.1. The molecule has 0 spiro atoms. The summed E-state index contributed by atoms with van der Waals surface area (Å²) in [6, 6.07) is 7.87. The molecule has 2 rings (SSSR count). The van der Waals surface area contributed by atoms with Crippen molar-refractivity contribution in [2.75, 3.05) is 20.2 Å². The molecule has 0 radical (unpaired) electrons. The van der Waals surface area contributed by atoms with E-state index in [1.807, 2.05) is 31.2 Å². The molecule has 1 aliphatic rings. The number of methoxy groups -OCH3 is 1. The minimum atomic E-state index is -0.479. The Morgan fingerprint density at radius 3 is 2.29 bits per heavy atom. The molecule has 24 heavy (non-hydrogen) atoms. The van der Waals surface area contributed by atoms with Crippen molar-refractivity contribution >= 4 is 11.9 Å². The summed E-state index contributed by atoms with van der Waals surface area (Å²) in [7, 11) is 1.41. The van der Waals surface area contributed by atoms with Gasteiger partial charge in [0.05, 0.1) is 13.0 Å². The SMILES string of the molecule is CCc1ccc(O[C@H](CC)C(=O)N2CCC(C(=O)OC)CC2)cc1. The van der Waals surface area contributed by atoms with E-state index in [2.05, 4.69) is 6.92 Å². The third-order valence-electron chi connectivity index (χ3n) is 4.60. The molecule has 1 heterocycles. The van der Waals surface area contributed by atoms with Gasteiger partial charge in [-0.25, -0.2) is 0 Å². The number of ether oxygens (including phenoxy) is 2. The molecule has 5 nitrogen and oxygen atoms in total. The summed E-state index contributed by atoms with van der Waals surface area (Å²) in [6.45, 7) is 5.21. The number of hydrogen-bond donors (Lipinski definition) is 0. The number of hydrogen-bond acceptors (Lipinski definition) is 4. The Kier molecular flexibility index (Phi) is 6.64. The predicted molar refractivity (Wildman–Crippen MR) is 91.8 cm³/mol. The first-order valence-corrected chi connectivity index (χ1v) is 8.71. The number of benzene rings is 1. The molecular weight excluding hydrogens is 306 g/mol. The van der Waals surface area contributed by atoms with Crippen LogP contribution in [0.3, 0.4) is 0 Å². The Bertz CT molecular complexity index is 547. The van der Waals surface area contributed by atoms with E-state index in [9.17, 15) is 9.59 Å². The largest absolute Gasteiger partial charge is 0.481 e. The first kappa shape index (κ1) is 18.3. The second-order valence-electron chi connectivity index (χ2n) is 6.13. The molecule has 0 unspecified atom stereocenters. The van der Waals surface area contributed by atoms with Crippen molar-refractivity contribution in [1.82, 2.24) is 4.90 Å². The van der Waals surface area contributed by atoms with E-state index in [0.717, 1.165) is 12.2 Å². The van der Waals surface area contributed by atoms with Crippen LogP contribution in [0.15, 0.2) is 24.3 Å². The second kappa shape index (κ2) is 8.71. The highest BCUT2D eigenvalue weighted by molar-refractivity contribution is 5.81. The number of amides is 1. The highest BCUT2D eigenvalue weighted by Crippen LogP contribution is 2.21. The van der Waals surface area contributed by atoms with Gasteiger partial charge in [-0.1, -0.05) is 26.0 Å². The summed E-state index contributed by atoms with van der Waals surface area (Å²) >= 11 is 0. The van der Waals surface area contributed by atoms with Gasteiger partial charge in [-0.2, -0.15) is 0 Å². The van der Waals surface area contributed by atoms with E-state index in [-0.39, 0.29) is 17.8 Å². The maximum atomic E-state index is 12.7. The van der Waals surface area contributed by atoms with Crippen molar-refractivity contribution in [3.8, 4) is 5.75 Å². The van der Waals surface area contributed by atoms with Crippen molar-refractivity contribution < 1.29 is 19.1 Å². The normalized spacial score (nSPS) is 16.5. The summed E-state index contributed by atoms with van der Waals surface area (Å²) in [5.74, 6) is 0.445. The molecule has 0 aliphatic carbocycles. The molecule has 1 atom stereocenters. The standard InChI is InChI=1S/C19H27NO4/c1-4-14-6-8-16(9-7-14)24-17(5-2)18(21)20-12-10-15(11-13-20)19(22)23-3/h6-9,15,17H,4-5,10-13H2,1-3H3/t17-/m1/s1. The zero-order valence-corrected chi connectivity index (χ0v) is 14.8. The van der Waals surface area contributed by atoms with Gasteiger partial charge < -0.3 is 14.4 Å². The number of carbonyl (C=O) groups is 2. The molecule has 1 amide bonds. The van der Waals surface area contributed by atoms with Gasteiger partial charge in [0, 0.05) is 13.1 Å². The third-order valence-corrected chi connectivity index (χ3v) is 4.60. The van der Waals surface area contributed by atoms with E-state index >= 15 is 0 Å². The van der Waals surface area contributed by atoms with E-state index in [1.54, 1.807) is 4.90 Å². The quantitative estimate of drug-likeness (QED) is 0.751. The first-order valence-electron chi connectivity index (χ1n) is 8.71. The van der Waals surface area contributed by atoms with Gasteiger partial charge in [0.25, 0.3) is 5.91 Å². The third kappa shape index (κ3) is 4.49. The molecule has 1 aromatic carbocycles. The summed E-state index contributed by atoms with van der Waals surface area (Å²) in [5.41, 5.74) is 1.24. The van der Waals surface area contributed by atoms with Gasteiger partial charge in [0.15, 0.2) is 6.10 Å². The fraction of sp³-hybridized carbons (Fsp3) is 0.579. The predicted octanol–water partition coefficient (Wildman–Crippen LogP) is 2.82. The van der Waals surface area contributed by atoms with Crippen LogP contribution in [0.4, 0.5) is 0 Å².